The number of alkyl halides is 1. The zero-order chi connectivity index (χ0) is 11.4. The molecule has 0 aliphatic heterocycles. The third-order valence-corrected chi connectivity index (χ3v) is 2.65. The fourth-order valence-electron chi connectivity index (χ4n) is 1.56. The summed E-state index contributed by atoms with van der Waals surface area (Å²) in [5, 5.41) is 0. The zero-order valence-corrected chi connectivity index (χ0v) is 10.4. The second-order valence-electron chi connectivity index (χ2n) is 3.71. The summed E-state index contributed by atoms with van der Waals surface area (Å²) >= 11 is 5.83. The molecule has 0 N–H and O–H groups in total. The van der Waals surface area contributed by atoms with Crippen molar-refractivity contribution in [2.24, 2.45) is 0 Å². The Morgan fingerprint density at radius 1 is 1.20 bits per heavy atom. The van der Waals surface area contributed by atoms with E-state index in [2.05, 4.69) is 19.9 Å². The third kappa shape index (κ3) is 2.57. The average molecular weight is 229 g/mol. The molecule has 1 rings (SSSR count). The van der Waals surface area contributed by atoms with Gasteiger partial charge in [0.25, 0.3) is 0 Å². The third-order valence-electron chi connectivity index (χ3n) is 2.34. The molecule has 0 saturated heterocycles. The smallest absolute Gasteiger partial charge is 0.164 e. The first-order chi connectivity index (χ1) is 7.13. The van der Waals surface area contributed by atoms with Crippen LogP contribution in [0.4, 0.5) is 0 Å². The second-order valence-corrected chi connectivity index (χ2v) is 3.98. The SMILES string of the molecule is COc1cc(CCl)cc(C(C)C)c1OC. The molecule has 1 aromatic rings. The first kappa shape index (κ1) is 12.2. The normalized spacial score (nSPS) is 10.5. The Labute approximate surface area is 96.2 Å². The second kappa shape index (κ2) is 5.26. The fraction of sp³-hybridized carbons (Fsp3) is 0.500. The van der Waals surface area contributed by atoms with Crippen molar-refractivity contribution in [2.75, 3.05) is 14.2 Å². The summed E-state index contributed by atoms with van der Waals surface area (Å²) in [5.41, 5.74) is 2.19. The van der Waals surface area contributed by atoms with E-state index in [1.54, 1.807) is 14.2 Å². The lowest BCUT2D eigenvalue weighted by atomic mass is 9.99. The van der Waals surface area contributed by atoms with Gasteiger partial charge < -0.3 is 9.47 Å². The summed E-state index contributed by atoms with van der Waals surface area (Å²) in [7, 11) is 3.30. The molecule has 0 bridgehead atoms. The average Bonchev–Trinajstić information content (AvgIpc) is 2.26. The van der Waals surface area contributed by atoms with E-state index in [4.69, 9.17) is 21.1 Å². The molecule has 0 aliphatic rings. The highest BCUT2D eigenvalue weighted by Gasteiger charge is 2.14. The van der Waals surface area contributed by atoms with Crippen LogP contribution in [0.25, 0.3) is 0 Å². The van der Waals surface area contributed by atoms with E-state index in [0.717, 1.165) is 22.6 Å². The molecule has 1 aromatic carbocycles. The van der Waals surface area contributed by atoms with Crippen LogP contribution in [0, 0.1) is 0 Å². The number of ether oxygens (including phenoxy) is 2. The van der Waals surface area contributed by atoms with Crippen LogP contribution in [-0.4, -0.2) is 14.2 Å². The largest absolute Gasteiger partial charge is 0.493 e. The molecule has 84 valence electrons. The molecule has 15 heavy (non-hydrogen) atoms. The van der Waals surface area contributed by atoms with E-state index in [-0.39, 0.29) is 0 Å². The molecule has 0 spiro atoms. The Morgan fingerprint density at radius 2 is 1.87 bits per heavy atom. The van der Waals surface area contributed by atoms with Gasteiger partial charge in [-0.1, -0.05) is 19.9 Å². The topological polar surface area (TPSA) is 18.5 Å². The number of halogens is 1. The number of hydrogen-bond donors (Lipinski definition) is 0. The van der Waals surface area contributed by atoms with E-state index < -0.39 is 0 Å². The van der Waals surface area contributed by atoms with E-state index in [9.17, 15) is 0 Å². The van der Waals surface area contributed by atoms with Crippen molar-refractivity contribution in [1.29, 1.82) is 0 Å². The molecule has 0 aliphatic carbocycles. The minimum atomic E-state index is 0.386. The van der Waals surface area contributed by atoms with Gasteiger partial charge in [0.1, 0.15) is 0 Å². The van der Waals surface area contributed by atoms with Gasteiger partial charge in [-0.15, -0.1) is 11.6 Å². The lowest BCUT2D eigenvalue weighted by Crippen LogP contribution is -1.99. The van der Waals surface area contributed by atoms with Crippen LogP contribution in [0.5, 0.6) is 11.5 Å². The maximum Gasteiger partial charge on any atom is 0.164 e. The monoisotopic (exact) mass is 228 g/mol. The molecule has 0 unspecified atom stereocenters. The Balaban J connectivity index is 3.32. The first-order valence-corrected chi connectivity index (χ1v) is 5.48. The van der Waals surface area contributed by atoms with Gasteiger partial charge in [-0.2, -0.15) is 0 Å². The molecule has 0 aromatic heterocycles. The highest BCUT2D eigenvalue weighted by atomic mass is 35.5. The van der Waals surface area contributed by atoms with Gasteiger partial charge in [-0.25, -0.2) is 0 Å². The van der Waals surface area contributed by atoms with E-state index in [1.165, 1.54) is 0 Å². The highest BCUT2D eigenvalue weighted by molar-refractivity contribution is 6.17. The van der Waals surface area contributed by atoms with Gasteiger partial charge in [0.15, 0.2) is 11.5 Å². The van der Waals surface area contributed by atoms with Crippen LogP contribution in [0.15, 0.2) is 12.1 Å². The van der Waals surface area contributed by atoms with E-state index in [0.29, 0.717) is 11.8 Å². The molecule has 0 atom stereocenters. The molecule has 0 heterocycles. The van der Waals surface area contributed by atoms with E-state index >= 15 is 0 Å². The number of methoxy groups -OCH3 is 2. The van der Waals surface area contributed by atoms with Crippen molar-refractivity contribution in [2.45, 2.75) is 25.6 Å². The van der Waals surface area contributed by atoms with Crippen molar-refractivity contribution in [3.05, 3.63) is 23.3 Å². The Morgan fingerprint density at radius 3 is 2.27 bits per heavy atom. The van der Waals surface area contributed by atoms with Crippen molar-refractivity contribution in [1.82, 2.24) is 0 Å². The summed E-state index contributed by atoms with van der Waals surface area (Å²) in [6.45, 7) is 4.24. The number of benzene rings is 1. The van der Waals surface area contributed by atoms with Crippen LogP contribution in [-0.2, 0) is 5.88 Å². The van der Waals surface area contributed by atoms with Gasteiger partial charge >= 0.3 is 0 Å². The Bertz CT molecular complexity index is 335. The van der Waals surface area contributed by atoms with Crippen molar-refractivity contribution >= 4 is 11.6 Å². The van der Waals surface area contributed by atoms with Crippen molar-refractivity contribution < 1.29 is 9.47 Å². The summed E-state index contributed by atoms with van der Waals surface area (Å²) in [6.07, 6.45) is 0. The minimum absolute atomic E-state index is 0.386. The quantitative estimate of drug-likeness (QED) is 0.734. The molecule has 3 heteroatoms. The van der Waals surface area contributed by atoms with E-state index in [1.807, 2.05) is 6.07 Å². The van der Waals surface area contributed by atoms with Gasteiger partial charge in [0, 0.05) is 11.4 Å². The predicted molar refractivity (Wildman–Crippen MR) is 63.2 cm³/mol. The van der Waals surface area contributed by atoms with Crippen LogP contribution >= 0.6 is 11.6 Å². The number of hydrogen-bond acceptors (Lipinski definition) is 2. The summed E-state index contributed by atoms with van der Waals surface area (Å²) in [6, 6.07) is 3.98. The molecular formula is C12H17ClO2. The molecular weight excluding hydrogens is 212 g/mol. The lowest BCUT2D eigenvalue weighted by molar-refractivity contribution is 0.350. The summed E-state index contributed by atoms with van der Waals surface area (Å²) in [5.74, 6) is 2.43. The van der Waals surface area contributed by atoms with Crippen LogP contribution < -0.4 is 9.47 Å². The minimum Gasteiger partial charge on any atom is -0.493 e. The molecule has 0 radical (unpaired) electrons. The molecule has 0 amide bonds. The standard InChI is InChI=1S/C12H17ClO2/c1-8(2)10-5-9(7-13)6-11(14-3)12(10)15-4/h5-6,8H,7H2,1-4H3. The van der Waals surface area contributed by atoms with Crippen LogP contribution in [0.1, 0.15) is 30.9 Å². The van der Waals surface area contributed by atoms with Crippen molar-refractivity contribution in [3.63, 3.8) is 0 Å². The summed E-state index contributed by atoms with van der Waals surface area (Å²) in [4.78, 5) is 0. The van der Waals surface area contributed by atoms with Gasteiger partial charge in [-0.3, -0.25) is 0 Å². The number of rotatable bonds is 4. The maximum absolute atomic E-state index is 5.83. The lowest BCUT2D eigenvalue weighted by Gasteiger charge is -2.16. The van der Waals surface area contributed by atoms with Crippen molar-refractivity contribution in [3.8, 4) is 11.5 Å². The first-order valence-electron chi connectivity index (χ1n) is 4.94. The molecule has 0 fully saturated rings. The Kier molecular flexibility index (Phi) is 4.28. The summed E-state index contributed by atoms with van der Waals surface area (Å²) < 4.78 is 10.6. The zero-order valence-electron chi connectivity index (χ0n) is 9.63. The van der Waals surface area contributed by atoms with Gasteiger partial charge in [0.2, 0.25) is 0 Å². The van der Waals surface area contributed by atoms with Crippen LogP contribution in [0.2, 0.25) is 0 Å². The fourth-order valence-corrected chi connectivity index (χ4v) is 1.71. The highest BCUT2D eigenvalue weighted by Crippen LogP contribution is 2.37. The van der Waals surface area contributed by atoms with Crippen LogP contribution in [0.3, 0.4) is 0 Å². The van der Waals surface area contributed by atoms with Gasteiger partial charge in [0.05, 0.1) is 14.2 Å². The van der Waals surface area contributed by atoms with Gasteiger partial charge in [-0.05, 0) is 17.5 Å². The molecule has 0 saturated carbocycles. The maximum atomic E-state index is 5.83. The Hall–Kier alpha value is -0.890. The molecule has 2 nitrogen and oxygen atoms in total. The predicted octanol–water partition coefficient (Wildman–Crippen LogP) is 3.57.